The summed E-state index contributed by atoms with van der Waals surface area (Å²) in [4.78, 5) is 10.7. The van der Waals surface area contributed by atoms with Gasteiger partial charge >= 0.3 is 6.09 Å². The van der Waals surface area contributed by atoms with Crippen molar-refractivity contribution < 1.29 is 18.3 Å². The highest BCUT2D eigenvalue weighted by Gasteiger charge is 2.27. The lowest BCUT2D eigenvalue weighted by atomic mass is 10.0. The Bertz CT molecular complexity index is 420. The van der Waals surface area contributed by atoms with E-state index in [0.717, 1.165) is 0 Å². The SMILES string of the molecule is Cc1ccc([C@H]2COC(=O)N2)c(F)c1F. The molecule has 1 atom stereocenters. The van der Waals surface area contributed by atoms with E-state index in [1.54, 1.807) is 0 Å². The average molecular weight is 213 g/mol. The smallest absolute Gasteiger partial charge is 0.407 e. The Hall–Kier alpha value is -1.65. The first-order valence-electron chi connectivity index (χ1n) is 4.47. The Kier molecular flexibility index (Phi) is 2.30. The lowest BCUT2D eigenvalue weighted by molar-refractivity contribution is 0.176. The number of carbonyl (C=O) groups excluding carboxylic acids is 1. The monoisotopic (exact) mass is 213 g/mol. The number of amides is 1. The van der Waals surface area contributed by atoms with Crippen molar-refractivity contribution in [2.45, 2.75) is 13.0 Å². The second kappa shape index (κ2) is 3.49. The highest BCUT2D eigenvalue weighted by Crippen LogP contribution is 2.24. The topological polar surface area (TPSA) is 38.3 Å². The van der Waals surface area contributed by atoms with Crippen LogP contribution in [0.1, 0.15) is 17.2 Å². The number of nitrogens with one attached hydrogen (secondary N) is 1. The highest BCUT2D eigenvalue weighted by molar-refractivity contribution is 5.70. The van der Waals surface area contributed by atoms with Crippen LogP contribution in [0, 0.1) is 18.6 Å². The van der Waals surface area contributed by atoms with Gasteiger partial charge in [-0.3, -0.25) is 0 Å². The van der Waals surface area contributed by atoms with Gasteiger partial charge in [-0.1, -0.05) is 12.1 Å². The van der Waals surface area contributed by atoms with Gasteiger partial charge in [-0.2, -0.15) is 0 Å². The predicted octanol–water partition coefficient (Wildman–Crippen LogP) is 2.05. The summed E-state index contributed by atoms with van der Waals surface area (Å²) >= 11 is 0. The molecule has 80 valence electrons. The summed E-state index contributed by atoms with van der Waals surface area (Å²) in [5.74, 6) is -1.81. The van der Waals surface area contributed by atoms with Gasteiger partial charge in [0.15, 0.2) is 11.6 Å². The molecule has 1 aromatic carbocycles. The lowest BCUT2D eigenvalue weighted by Gasteiger charge is -2.10. The van der Waals surface area contributed by atoms with Crippen molar-refractivity contribution >= 4 is 6.09 Å². The molecule has 3 nitrogen and oxygen atoms in total. The summed E-state index contributed by atoms with van der Waals surface area (Å²) in [6, 6.07) is 2.32. The maximum atomic E-state index is 13.5. The Balaban J connectivity index is 2.37. The second-order valence-corrected chi connectivity index (χ2v) is 3.40. The van der Waals surface area contributed by atoms with Crippen molar-refractivity contribution in [3.05, 3.63) is 34.9 Å². The summed E-state index contributed by atoms with van der Waals surface area (Å²) in [5.41, 5.74) is 0.352. The number of hydrogen-bond donors (Lipinski definition) is 1. The normalized spacial score (nSPS) is 19.9. The molecular weight excluding hydrogens is 204 g/mol. The zero-order valence-corrected chi connectivity index (χ0v) is 8.01. The fourth-order valence-electron chi connectivity index (χ4n) is 1.48. The van der Waals surface area contributed by atoms with Crippen LogP contribution in [-0.2, 0) is 4.74 Å². The van der Waals surface area contributed by atoms with Crippen molar-refractivity contribution in [3.63, 3.8) is 0 Å². The van der Waals surface area contributed by atoms with Gasteiger partial charge in [0, 0.05) is 5.56 Å². The Labute approximate surface area is 85.0 Å². The molecule has 2 rings (SSSR count). The van der Waals surface area contributed by atoms with Crippen LogP contribution < -0.4 is 5.32 Å². The standard InChI is InChI=1S/C10H9F2NO2/c1-5-2-3-6(9(12)8(5)11)7-4-15-10(14)13-7/h2-3,7H,4H2,1H3,(H,13,14)/t7-/m1/s1. The molecule has 0 bridgehead atoms. The van der Waals surface area contributed by atoms with Crippen LogP contribution >= 0.6 is 0 Å². The molecule has 0 radical (unpaired) electrons. The summed E-state index contributed by atoms with van der Waals surface area (Å²) in [7, 11) is 0. The largest absolute Gasteiger partial charge is 0.447 e. The Morgan fingerprint density at radius 3 is 2.73 bits per heavy atom. The lowest BCUT2D eigenvalue weighted by Crippen LogP contribution is -2.19. The fraction of sp³-hybridized carbons (Fsp3) is 0.300. The minimum atomic E-state index is -0.925. The first kappa shape index (κ1) is 9.89. The van der Waals surface area contributed by atoms with E-state index in [2.05, 4.69) is 10.1 Å². The Morgan fingerprint density at radius 2 is 2.13 bits per heavy atom. The number of hydrogen-bond acceptors (Lipinski definition) is 2. The van der Waals surface area contributed by atoms with Crippen molar-refractivity contribution in [2.24, 2.45) is 0 Å². The van der Waals surface area contributed by atoms with E-state index in [4.69, 9.17) is 0 Å². The quantitative estimate of drug-likeness (QED) is 0.775. The van der Waals surface area contributed by atoms with E-state index in [0.29, 0.717) is 0 Å². The average Bonchev–Trinajstić information content (AvgIpc) is 2.61. The van der Waals surface area contributed by atoms with E-state index < -0.39 is 23.8 Å². The molecule has 0 aromatic heterocycles. The molecule has 0 saturated carbocycles. The molecule has 0 aliphatic carbocycles. The number of halogens is 2. The Morgan fingerprint density at radius 1 is 1.40 bits per heavy atom. The number of aryl methyl sites for hydroxylation is 1. The minimum absolute atomic E-state index is 0.0260. The van der Waals surface area contributed by atoms with Crippen molar-refractivity contribution in [2.75, 3.05) is 6.61 Å². The number of cyclic esters (lactones) is 1. The van der Waals surface area contributed by atoms with Gasteiger partial charge in [-0.15, -0.1) is 0 Å². The summed E-state index contributed by atoms with van der Waals surface area (Å²) in [5, 5.41) is 2.39. The van der Waals surface area contributed by atoms with Gasteiger partial charge in [0.1, 0.15) is 6.61 Å². The van der Waals surface area contributed by atoms with Crippen LogP contribution in [-0.4, -0.2) is 12.7 Å². The molecule has 1 amide bonds. The first-order valence-corrected chi connectivity index (χ1v) is 4.47. The van der Waals surface area contributed by atoms with Gasteiger partial charge in [0.05, 0.1) is 6.04 Å². The van der Waals surface area contributed by atoms with Crippen LogP contribution in [0.2, 0.25) is 0 Å². The van der Waals surface area contributed by atoms with Crippen LogP contribution in [0.5, 0.6) is 0 Å². The van der Waals surface area contributed by atoms with Gasteiger partial charge in [0.25, 0.3) is 0 Å². The number of ether oxygens (including phenoxy) is 1. The van der Waals surface area contributed by atoms with E-state index >= 15 is 0 Å². The third kappa shape index (κ3) is 1.65. The van der Waals surface area contributed by atoms with Gasteiger partial charge < -0.3 is 10.1 Å². The van der Waals surface area contributed by atoms with E-state index in [-0.39, 0.29) is 17.7 Å². The predicted molar refractivity (Wildman–Crippen MR) is 48.3 cm³/mol. The van der Waals surface area contributed by atoms with E-state index in [9.17, 15) is 13.6 Å². The molecule has 15 heavy (non-hydrogen) atoms. The molecular formula is C10H9F2NO2. The molecule has 5 heteroatoms. The molecule has 0 unspecified atom stereocenters. The highest BCUT2D eigenvalue weighted by atomic mass is 19.2. The second-order valence-electron chi connectivity index (χ2n) is 3.40. The number of rotatable bonds is 1. The van der Waals surface area contributed by atoms with Crippen molar-refractivity contribution in [1.29, 1.82) is 0 Å². The molecule has 1 fully saturated rings. The zero-order chi connectivity index (χ0) is 11.0. The third-order valence-electron chi connectivity index (χ3n) is 2.35. The van der Waals surface area contributed by atoms with Gasteiger partial charge in [0.2, 0.25) is 0 Å². The van der Waals surface area contributed by atoms with Gasteiger partial charge in [-0.05, 0) is 12.5 Å². The zero-order valence-electron chi connectivity index (χ0n) is 8.01. The van der Waals surface area contributed by atoms with E-state index in [1.807, 2.05) is 0 Å². The third-order valence-corrected chi connectivity index (χ3v) is 2.35. The van der Waals surface area contributed by atoms with Crippen LogP contribution in [0.3, 0.4) is 0 Å². The maximum Gasteiger partial charge on any atom is 0.407 e. The molecule has 1 aliphatic rings. The number of benzene rings is 1. The minimum Gasteiger partial charge on any atom is -0.447 e. The van der Waals surface area contributed by atoms with E-state index in [1.165, 1.54) is 19.1 Å². The first-order chi connectivity index (χ1) is 7.09. The summed E-state index contributed by atoms with van der Waals surface area (Å²) in [6.07, 6.45) is -0.611. The van der Waals surface area contributed by atoms with Gasteiger partial charge in [-0.25, -0.2) is 13.6 Å². The van der Waals surface area contributed by atoms with Crippen molar-refractivity contribution in [3.8, 4) is 0 Å². The molecule has 1 aromatic rings. The number of carbonyl (C=O) groups is 1. The molecule has 0 spiro atoms. The van der Waals surface area contributed by atoms with Crippen molar-refractivity contribution in [1.82, 2.24) is 5.32 Å². The maximum absolute atomic E-state index is 13.5. The fourth-order valence-corrected chi connectivity index (χ4v) is 1.48. The summed E-state index contributed by atoms with van der Waals surface area (Å²) < 4.78 is 31.3. The van der Waals surface area contributed by atoms with Crippen LogP contribution in [0.4, 0.5) is 13.6 Å². The number of alkyl carbamates (subject to hydrolysis) is 1. The molecule has 1 aliphatic heterocycles. The van der Waals surface area contributed by atoms with Crippen LogP contribution in [0.25, 0.3) is 0 Å². The molecule has 1 heterocycles. The molecule has 1 N–H and O–H groups in total. The molecule has 1 saturated heterocycles. The van der Waals surface area contributed by atoms with Crippen LogP contribution in [0.15, 0.2) is 12.1 Å². The summed E-state index contributed by atoms with van der Waals surface area (Å²) in [6.45, 7) is 1.50.